The number of rotatable bonds is 6. The summed E-state index contributed by atoms with van der Waals surface area (Å²) in [6.07, 6.45) is 0.432. The van der Waals surface area contributed by atoms with Crippen molar-refractivity contribution in [1.29, 1.82) is 0 Å². The van der Waals surface area contributed by atoms with E-state index >= 15 is 0 Å². The van der Waals surface area contributed by atoms with E-state index < -0.39 is 6.04 Å². The molecule has 1 heterocycles. The molecule has 0 spiro atoms. The Morgan fingerprint density at radius 2 is 2.12 bits per heavy atom. The highest BCUT2D eigenvalue weighted by Crippen LogP contribution is 2.27. The van der Waals surface area contributed by atoms with Gasteiger partial charge in [0, 0.05) is 23.9 Å². The summed E-state index contributed by atoms with van der Waals surface area (Å²) < 4.78 is 5.61. The molecule has 1 aromatic rings. The third-order valence-corrected chi connectivity index (χ3v) is 4.79. The van der Waals surface area contributed by atoms with E-state index in [1.54, 1.807) is 22.7 Å². The number of anilines is 1. The van der Waals surface area contributed by atoms with Crippen molar-refractivity contribution in [3.63, 3.8) is 0 Å². The summed E-state index contributed by atoms with van der Waals surface area (Å²) in [6, 6.07) is 6.83. The Bertz CT molecular complexity index is 682. The maximum Gasteiger partial charge on any atom is 0.248 e. The zero-order valence-electron chi connectivity index (χ0n) is 16.0. The molecule has 2 rings (SSSR count). The first kappa shape index (κ1) is 20.4. The van der Waals surface area contributed by atoms with Gasteiger partial charge in [0.2, 0.25) is 11.8 Å². The first-order valence-electron chi connectivity index (χ1n) is 8.71. The molecule has 1 fully saturated rings. The molecule has 26 heavy (non-hydrogen) atoms. The third kappa shape index (κ3) is 6.09. The molecule has 1 aliphatic heterocycles. The van der Waals surface area contributed by atoms with Crippen LogP contribution in [0.1, 0.15) is 34.1 Å². The summed E-state index contributed by atoms with van der Waals surface area (Å²) in [7, 11) is 0. The van der Waals surface area contributed by atoms with Gasteiger partial charge in [0.1, 0.15) is 18.4 Å². The second-order valence-electron chi connectivity index (χ2n) is 7.88. The molecule has 1 atom stereocenters. The molecule has 1 aliphatic rings. The van der Waals surface area contributed by atoms with Gasteiger partial charge >= 0.3 is 0 Å². The monoisotopic (exact) mass is 376 g/mol. The largest absolute Gasteiger partial charge is 0.489 e. The Morgan fingerprint density at radius 3 is 2.77 bits per heavy atom. The van der Waals surface area contributed by atoms with E-state index in [2.05, 4.69) is 11.9 Å². The van der Waals surface area contributed by atoms with Crippen LogP contribution in [0.25, 0.3) is 0 Å². The zero-order valence-corrected chi connectivity index (χ0v) is 16.8. The van der Waals surface area contributed by atoms with Crippen molar-refractivity contribution in [1.82, 2.24) is 4.90 Å². The smallest absolute Gasteiger partial charge is 0.248 e. The molecular weight excluding hydrogens is 348 g/mol. The van der Waals surface area contributed by atoms with Gasteiger partial charge in [0.05, 0.1) is 5.88 Å². The first-order chi connectivity index (χ1) is 12.2. The Kier molecular flexibility index (Phi) is 6.75. The predicted molar refractivity (Wildman–Crippen MR) is 107 cm³/mol. The van der Waals surface area contributed by atoms with Crippen molar-refractivity contribution in [2.75, 3.05) is 23.6 Å². The fraction of sp³-hybridized carbons (Fsp3) is 0.500. The third-order valence-electron chi connectivity index (χ3n) is 3.77. The van der Waals surface area contributed by atoms with Crippen LogP contribution in [0.2, 0.25) is 0 Å². The average Bonchev–Trinajstić information content (AvgIpc) is 3.01. The topological polar surface area (TPSA) is 58.6 Å². The van der Waals surface area contributed by atoms with Gasteiger partial charge in [-0.2, -0.15) is 0 Å². The second-order valence-corrected chi connectivity index (χ2v) is 8.88. The minimum Gasteiger partial charge on any atom is -0.489 e. The summed E-state index contributed by atoms with van der Waals surface area (Å²) >= 11 is 1.61. The summed E-state index contributed by atoms with van der Waals surface area (Å²) in [5, 5.41) is 2.91. The van der Waals surface area contributed by atoms with Gasteiger partial charge in [-0.15, -0.1) is 11.8 Å². The van der Waals surface area contributed by atoms with E-state index in [1.807, 2.05) is 45.9 Å². The molecule has 0 radical (unpaired) electrons. The minimum atomic E-state index is -0.435. The predicted octanol–water partition coefficient (Wildman–Crippen LogP) is 3.92. The zero-order chi connectivity index (χ0) is 19.3. The van der Waals surface area contributed by atoms with Crippen LogP contribution >= 0.6 is 11.8 Å². The lowest BCUT2D eigenvalue weighted by atomic mass is 9.91. The first-order valence-corrected chi connectivity index (χ1v) is 9.86. The van der Waals surface area contributed by atoms with Crippen molar-refractivity contribution in [3.8, 4) is 5.75 Å². The van der Waals surface area contributed by atoms with Crippen LogP contribution in [0, 0.1) is 5.41 Å². The number of amides is 2. The van der Waals surface area contributed by atoms with Gasteiger partial charge in [-0.25, -0.2) is 0 Å². The number of nitrogens with zero attached hydrogens (tertiary/aromatic N) is 1. The van der Waals surface area contributed by atoms with Crippen LogP contribution < -0.4 is 10.1 Å². The lowest BCUT2D eigenvalue weighted by Crippen LogP contribution is -2.45. The van der Waals surface area contributed by atoms with E-state index in [0.29, 0.717) is 36.1 Å². The van der Waals surface area contributed by atoms with Gasteiger partial charge < -0.3 is 15.0 Å². The van der Waals surface area contributed by atoms with Gasteiger partial charge in [0.15, 0.2) is 0 Å². The normalized spacial score (nSPS) is 17.1. The fourth-order valence-electron chi connectivity index (χ4n) is 2.56. The number of thioether (sulfide) groups is 1. The standard InChI is InChI=1S/C20H28N2O3S/c1-14(2)11-25-16-8-6-7-15(9-16)21-19(24)17-12-26-13-22(17)18(23)10-20(3,4)5/h6-9,17H,1,10-13H2,2-5H3,(H,21,24). The number of carbonyl (C=O) groups excluding carboxylic acids is 2. The number of nitrogens with one attached hydrogen (secondary N) is 1. The highest BCUT2D eigenvalue weighted by atomic mass is 32.2. The average molecular weight is 377 g/mol. The molecule has 0 bridgehead atoms. The van der Waals surface area contributed by atoms with Crippen LogP contribution in [0.15, 0.2) is 36.4 Å². The number of hydrogen-bond acceptors (Lipinski definition) is 4. The van der Waals surface area contributed by atoms with Crippen LogP contribution in [0.5, 0.6) is 5.75 Å². The molecule has 1 aromatic carbocycles. The fourth-order valence-corrected chi connectivity index (χ4v) is 3.74. The number of carbonyl (C=O) groups is 2. The van der Waals surface area contributed by atoms with E-state index in [4.69, 9.17) is 4.74 Å². The Labute approximate surface area is 160 Å². The van der Waals surface area contributed by atoms with E-state index in [0.717, 1.165) is 5.57 Å². The summed E-state index contributed by atoms with van der Waals surface area (Å²) in [5.41, 5.74) is 1.49. The van der Waals surface area contributed by atoms with Gasteiger partial charge in [-0.3, -0.25) is 9.59 Å². The van der Waals surface area contributed by atoms with Crippen LogP contribution in [0.4, 0.5) is 5.69 Å². The van der Waals surface area contributed by atoms with Gasteiger partial charge in [-0.1, -0.05) is 33.4 Å². The molecule has 2 amide bonds. The number of hydrogen-bond donors (Lipinski definition) is 1. The maximum absolute atomic E-state index is 12.7. The molecular formula is C20H28N2O3S. The number of ether oxygens (including phenoxy) is 1. The van der Waals surface area contributed by atoms with E-state index in [1.165, 1.54) is 0 Å². The minimum absolute atomic E-state index is 0.0289. The van der Waals surface area contributed by atoms with Crippen LogP contribution in [-0.2, 0) is 9.59 Å². The highest BCUT2D eigenvalue weighted by Gasteiger charge is 2.35. The quantitative estimate of drug-likeness (QED) is 0.765. The maximum atomic E-state index is 12.7. The molecule has 5 nitrogen and oxygen atoms in total. The second kappa shape index (κ2) is 8.62. The van der Waals surface area contributed by atoms with Crippen LogP contribution in [0.3, 0.4) is 0 Å². The van der Waals surface area contributed by atoms with Gasteiger partial charge in [-0.05, 0) is 30.0 Å². The Hall–Kier alpha value is -1.95. The Morgan fingerprint density at radius 1 is 1.38 bits per heavy atom. The molecule has 0 saturated carbocycles. The lowest BCUT2D eigenvalue weighted by molar-refractivity contribution is -0.137. The van der Waals surface area contributed by atoms with Crippen LogP contribution in [-0.4, -0.2) is 41.0 Å². The Balaban J connectivity index is 2.01. The summed E-state index contributed by atoms with van der Waals surface area (Å²) in [5.74, 6) is 1.73. The highest BCUT2D eigenvalue weighted by molar-refractivity contribution is 7.99. The molecule has 1 unspecified atom stereocenters. The van der Waals surface area contributed by atoms with E-state index in [9.17, 15) is 9.59 Å². The van der Waals surface area contributed by atoms with Crippen molar-refractivity contribution in [2.24, 2.45) is 5.41 Å². The molecule has 0 aromatic heterocycles. The van der Waals surface area contributed by atoms with Crippen molar-refractivity contribution < 1.29 is 14.3 Å². The number of benzene rings is 1. The molecule has 6 heteroatoms. The lowest BCUT2D eigenvalue weighted by Gasteiger charge is -2.26. The van der Waals surface area contributed by atoms with Gasteiger partial charge in [0.25, 0.3) is 0 Å². The van der Waals surface area contributed by atoms with Crippen molar-refractivity contribution in [2.45, 2.75) is 40.2 Å². The molecule has 0 aliphatic carbocycles. The summed E-state index contributed by atoms with van der Waals surface area (Å²) in [4.78, 5) is 26.9. The molecule has 1 saturated heterocycles. The summed E-state index contributed by atoms with van der Waals surface area (Å²) in [6.45, 7) is 12.2. The molecule has 142 valence electrons. The van der Waals surface area contributed by atoms with E-state index in [-0.39, 0.29) is 17.2 Å². The van der Waals surface area contributed by atoms with Crippen molar-refractivity contribution >= 4 is 29.3 Å². The SMILES string of the molecule is C=C(C)COc1cccc(NC(=O)C2CSCN2C(=O)CC(C)(C)C)c1. The van der Waals surface area contributed by atoms with Crippen molar-refractivity contribution in [3.05, 3.63) is 36.4 Å². The molecule has 1 N–H and O–H groups in total.